The van der Waals surface area contributed by atoms with Gasteiger partial charge in [0.05, 0.1) is 0 Å². The second kappa shape index (κ2) is 5.27. The Hall–Kier alpha value is -2.14. The molecule has 0 aliphatic rings. The van der Waals surface area contributed by atoms with Gasteiger partial charge in [-0.2, -0.15) is 5.26 Å². The SMILES string of the molecule is Cc1ccc(CCc2cccnc2C#N)cc1. The first-order valence-electron chi connectivity index (χ1n) is 5.69. The van der Waals surface area contributed by atoms with E-state index in [9.17, 15) is 0 Å². The second-order valence-corrected chi connectivity index (χ2v) is 4.11. The summed E-state index contributed by atoms with van der Waals surface area (Å²) in [5.41, 5.74) is 4.13. The highest BCUT2D eigenvalue weighted by Crippen LogP contribution is 2.10. The summed E-state index contributed by atoms with van der Waals surface area (Å²) < 4.78 is 0. The summed E-state index contributed by atoms with van der Waals surface area (Å²) >= 11 is 0. The number of pyridine rings is 1. The minimum atomic E-state index is 0.541. The van der Waals surface area contributed by atoms with Gasteiger partial charge in [-0.05, 0) is 37.0 Å². The van der Waals surface area contributed by atoms with Crippen molar-refractivity contribution in [2.45, 2.75) is 19.8 Å². The van der Waals surface area contributed by atoms with Crippen LogP contribution in [0.2, 0.25) is 0 Å². The molecule has 0 radical (unpaired) electrons. The Morgan fingerprint density at radius 3 is 2.59 bits per heavy atom. The van der Waals surface area contributed by atoms with Gasteiger partial charge in [0.1, 0.15) is 11.8 Å². The zero-order chi connectivity index (χ0) is 12.1. The van der Waals surface area contributed by atoms with E-state index in [0.29, 0.717) is 5.69 Å². The molecule has 84 valence electrons. The van der Waals surface area contributed by atoms with Crippen LogP contribution in [-0.4, -0.2) is 4.98 Å². The summed E-state index contributed by atoms with van der Waals surface area (Å²) in [6.45, 7) is 2.08. The van der Waals surface area contributed by atoms with Gasteiger partial charge < -0.3 is 0 Å². The highest BCUT2D eigenvalue weighted by atomic mass is 14.7. The standard InChI is InChI=1S/C15H14N2/c1-12-4-6-13(7-5-12)8-9-14-3-2-10-17-15(14)11-16/h2-7,10H,8-9H2,1H3. The summed E-state index contributed by atoms with van der Waals surface area (Å²) in [6.07, 6.45) is 3.47. The van der Waals surface area contributed by atoms with Gasteiger partial charge in [-0.1, -0.05) is 35.9 Å². The third-order valence-corrected chi connectivity index (χ3v) is 2.80. The summed E-state index contributed by atoms with van der Waals surface area (Å²) in [5, 5.41) is 8.94. The Kier molecular flexibility index (Phi) is 3.52. The minimum absolute atomic E-state index is 0.541. The number of rotatable bonds is 3. The van der Waals surface area contributed by atoms with Crippen LogP contribution in [0.25, 0.3) is 0 Å². The number of hydrogen-bond donors (Lipinski definition) is 0. The molecule has 17 heavy (non-hydrogen) atoms. The molecule has 0 N–H and O–H groups in total. The molecule has 0 amide bonds. The van der Waals surface area contributed by atoms with Crippen molar-refractivity contribution in [3.05, 3.63) is 65.0 Å². The molecule has 1 aromatic carbocycles. The molecule has 0 unspecified atom stereocenters. The third-order valence-electron chi connectivity index (χ3n) is 2.80. The molecule has 0 saturated carbocycles. The lowest BCUT2D eigenvalue weighted by molar-refractivity contribution is 0.941. The molecule has 2 rings (SSSR count). The number of nitrogens with zero attached hydrogens (tertiary/aromatic N) is 2. The van der Waals surface area contributed by atoms with Crippen molar-refractivity contribution >= 4 is 0 Å². The van der Waals surface area contributed by atoms with Crippen LogP contribution in [0.15, 0.2) is 42.6 Å². The smallest absolute Gasteiger partial charge is 0.143 e. The fourth-order valence-corrected chi connectivity index (χ4v) is 1.77. The molecule has 2 aromatic rings. The molecule has 0 bridgehead atoms. The van der Waals surface area contributed by atoms with Crippen LogP contribution < -0.4 is 0 Å². The molecule has 0 aliphatic carbocycles. The van der Waals surface area contributed by atoms with Gasteiger partial charge in [0.15, 0.2) is 0 Å². The summed E-state index contributed by atoms with van der Waals surface area (Å²) in [4.78, 5) is 4.06. The molecule has 0 spiro atoms. The quantitative estimate of drug-likeness (QED) is 0.800. The van der Waals surface area contributed by atoms with E-state index in [4.69, 9.17) is 5.26 Å². The number of aryl methyl sites for hydroxylation is 3. The van der Waals surface area contributed by atoms with Crippen molar-refractivity contribution < 1.29 is 0 Å². The molecule has 1 aromatic heterocycles. The van der Waals surface area contributed by atoms with Crippen molar-refractivity contribution in [2.24, 2.45) is 0 Å². The van der Waals surface area contributed by atoms with E-state index in [1.165, 1.54) is 11.1 Å². The lowest BCUT2D eigenvalue weighted by Crippen LogP contribution is -1.96. The van der Waals surface area contributed by atoms with E-state index in [-0.39, 0.29) is 0 Å². The van der Waals surface area contributed by atoms with Crippen LogP contribution >= 0.6 is 0 Å². The lowest BCUT2D eigenvalue weighted by Gasteiger charge is -2.03. The summed E-state index contributed by atoms with van der Waals surface area (Å²) in [6, 6.07) is 14.5. The zero-order valence-corrected chi connectivity index (χ0v) is 9.85. The van der Waals surface area contributed by atoms with Gasteiger partial charge in [-0.25, -0.2) is 4.98 Å². The molecular weight excluding hydrogens is 208 g/mol. The Labute approximate surface area is 102 Å². The molecule has 0 aliphatic heterocycles. The van der Waals surface area contributed by atoms with Gasteiger partial charge in [-0.15, -0.1) is 0 Å². The van der Waals surface area contributed by atoms with Gasteiger partial charge in [0.2, 0.25) is 0 Å². The molecule has 0 saturated heterocycles. The largest absolute Gasteiger partial charge is 0.245 e. The van der Waals surface area contributed by atoms with E-state index in [0.717, 1.165) is 18.4 Å². The van der Waals surface area contributed by atoms with Crippen molar-refractivity contribution in [3.63, 3.8) is 0 Å². The predicted molar refractivity (Wildman–Crippen MR) is 67.5 cm³/mol. The van der Waals surface area contributed by atoms with Crippen molar-refractivity contribution in [3.8, 4) is 6.07 Å². The molecule has 1 heterocycles. The van der Waals surface area contributed by atoms with Gasteiger partial charge in [-0.3, -0.25) is 0 Å². The monoisotopic (exact) mass is 222 g/mol. The number of hydrogen-bond acceptors (Lipinski definition) is 2. The fraction of sp³-hybridized carbons (Fsp3) is 0.200. The number of nitriles is 1. The second-order valence-electron chi connectivity index (χ2n) is 4.11. The topological polar surface area (TPSA) is 36.7 Å². The first-order valence-corrected chi connectivity index (χ1v) is 5.69. The summed E-state index contributed by atoms with van der Waals surface area (Å²) in [7, 11) is 0. The Balaban J connectivity index is 2.08. The van der Waals surface area contributed by atoms with E-state index in [1.807, 2.05) is 12.1 Å². The van der Waals surface area contributed by atoms with E-state index < -0.39 is 0 Å². The molecule has 2 heteroatoms. The maximum absolute atomic E-state index is 8.94. The third kappa shape index (κ3) is 2.92. The molecular formula is C15H14N2. The normalized spacial score (nSPS) is 9.88. The average Bonchev–Trinajstić information content (AvgIpc) is 2.38. The first-order chi connectivity index (χ1) is 8.29. The Morgan fingerprint density at radius 1 is 1.12 bits per heavy atom. The molecule has 2 nitrogen and oxygen atoms in total. The lowest BCUT2D eigenvalue weighted by atomic mass is 10.0. The first kappa shape index (κ1) is 11.3. The number of aromatic nitrogens is 1. The maximum atomic E-state index is 8.94. The van der Waals surface area contributed by atoms with E-state index in [2.05, 4.69) is 42.2 Å². The molecule has 0 atom stereocenters. The van der Waals surface area contributed by atoms with Gasteiger partial charge in [0, 0.05) is 6.20 Å². The van der Waals surface area contributed by atoms with Crippen LogP contribution in [0.3, 0.4) is 0 Å². The van der Waals surface area contributed by atoms with E-state index >= 15 is 0 Å². The number of benzene rings is 1. The summed E-state index contributed by atoms with van der Waals surface area (Å²) in [5.74, 6) is 0. The van der Waals surface area contributed by atoms with Crippen molar-refractivity contribution in [2.75, 3.05) is 0 Å². The minimum Gasteiger partial charge on any atom is -0.245 e. The van der Waals surface area contributed by atoms with Crippen LogP contribution in [0, 0.1) is 18.3 Å². The van der Waals surface area contributed by atoms with Crippen LogP contribution in [-0.2, 0) is 12.8 Å². The van der Waals surface area contributed by atoms with Gasteiger partial charge in [0.25, 0.3) is 0 Å². The highest BCUT2D eigenvalue weighted by Gasteiger charge is 2.02. The average molecular weight is 222 g/mol. The van der Waals surface area contributed by atoms with Gasteiger partial charge >= 0.3 is 0 Å². The predicted octanol–water partition coefficient (Wildman–Crippen LogP) is 3.05. The Morgan fingerprint density at radius 2 is 1.88 bits per heavy atom. The Bertz CT molecular complexity index is 536. The van der Waals surface area contributed by atoms with Crippen LogP contribution in [0.4, 0.5) is 0 Å². The zero-order valence-electron chi connectivity index (χ0n) is 9.85. The fourth-order valence-electron chi connectivity index (χ4n) is 1.77. The maximum Gasteiger partial charge on any atom is 0.143 e. The molecule has 0 fully saturated rings. The highest BCUT2D eigenvalue weighted by molar-refractivity contribution is 5.31. The van der Waals surface area contributed by atoms with Crippen LogP contribution in [0.1, 0.15) is 22.4 Å². The van der Waals surface area contributed by atoms with Crippen molar-refractivity contribution in [1.29, 1.82) is 5.26 Å². The van der Waals surface area contributed by atoms with E-state index in [1.54, 1.807) is 6.20 Å². The van der Waals surface area contributed by atoms with Crippen molar-refractivity contribution in [1.82, 2.24) is 4.98 Å². The van der Waals surface area contributed by atoms with Crippen LogP contribution in [0.5, 0.6) is 0 Å².